The lowest BCUT2D eigenvalue weighted by Crippen LogP contribution is -2.38. The number of aliphatic hydroxyl groups excluding tert-OH is 1. The van der Waals surface area contributed by atoms with Crippen LogP contribution in [0.3, 0.4) is 0 Å². The van der Waals surface area contributed by atoms with Crippen LogP contribution in [0.4, 0.5) is 0 Å². The molecule has 13 heavy (non-hydrogen) atoms. The summed E-state index contributed by atoms with van der Waals surface area (Å²) in [4.78, 5) is 17.3. The Labute approximate surface area is 75.9 Å². The molecule has 4 heteroatoms. The number of carbonyl (C=O) groups excluding carboxylic acids is 1. The van der Waals surface area contributed by atoms with E-state index in [4.69, 9.17) is 0 Å². The van der Waals surface area contributed by atoms with Gasteiger partial charge in [-0.2, -0.15) is 0 Å². The lowest BCUT2D eigenvalue weighted by Gasteiger charge is -2.21. The number of hydrogen-bond donors (Lipinski definition) is 1. The first-order chi connectivity index (χ1) is 6.11. The summed E-state index contributed by atoms with van der Waals surface area (Å²) in [5.41, 5.74) is 0.465. The third-order valence-corrected chi connectivity index (χ3v) is 2.38. The first kappa shape index (κ1) is 8.04. The average molecular weight is 178 g/mol. The predicted molar refractivity (Wildman–Crippen MR) is 48.5 cm³/mol. The first-order valence-electron chi connectivity index (χ1n) is 4.04. The van der Waals surface area contributed by atoms with Crippen molar-refractivity contribution in [1.82, 2.24) is 4.90 Å². The van der Waals surface area contributed by atoms with Gasteiger partial charge in [-0.1, -0.05) is 0 Å². The predicted octanol–water partition coefficient (Wildman–Crippen LogP) is 0.627. The highest BCUT2D eigenvalue weighted by molar-refractivity contribution is 6.03. The van der Waals surface area contributed by atoms with E-state index in [1.165, 1.54) is 12.2 Å². The molecule has 0 aromatic rings. The molecule has 0 unspecified atom stereocenters. The Morgan fingerprint density at radius 2 is 2.23 bits per heavy atom. The molecule has 0 aromatic carbocycles. The summed E-state index contributed by atoms with van der Waals surface area (Å²) < 4.78 is 0. The van der Waals surface area contributed by atoms with Gasteiger partial charge in [-0.15, -0.1) is 0 Å². The van der Waals surface area contributed by atoms with Gasteiger partial charge in [0.15, 0.2) is 5.78 Å². The summed E-state index contributed by atoms with van der Waals surface area (Å²) in [7, 11) is 1.79. The summed E-state index contributed by atoms with van der Waals surface area (Å²) in [5, 5.41) is 9.44. The van der Waals surface area contributed by atoms with Crippen LogP contribution >= 0.6 is 0 Å². The summed E-state index contributed by atoms with van der Waals surface area (Å²) in [6.07, 6.45) is 2.78. The number of hydrogen-bond acceptors (Lipinski definition) is 4. The number of likely N-dealkylation sites (N-methyl/N-ethyl adjacent to an activating group) is 1. The molecule has 1 atom stereocenters. The fourth-order valence-corrected chi connectivity index (χ4v) is 1.55. The molecule has 0 amide bonds. The van der Waals surface area contributed by atoms with Crippen LogP contribution in [0.2, 0.25) is 0 Å². The van der Waals surface area contributed by atoms with Crippen molar-refractivity contribution in [1.29, 1.82) is 0 Å². The number of fused-ring (bicyclic) bond motifs is 1. The highest BCUT2D eigenvalue weighted by Gasteiger charge is 2.35. The van der Waals surface area contributed by atoms with Gasteiger partial charge in [0.2, 0.25) is 0 Å². The highest BCUT2D eigenvalue weighted by atomic mass is 16.3. The van der Waals surface area contributed by atoms with E-state index in [0.29, 0.717) is 5.70 Å². The molecule has 0 saturated carbocycles. The Hall–Kier alpha value is -1.58. The molecule has 1 N–H and O–H groups in total. The third kappa shape index (κ3) is 0.983. The Morgan fingerprint density at radius 3 is 2.85 bits per heavy atom. The Bertz CT molecular complexity index is 366. The van der Waals surface area contributed by atoms with E-state index in [1.54, 1.807) is 11.9 Å². The minimum Gasteiger partial charge on any atom is -0.506 e. The van der Waals surface area contributed by atoms with Gasteiger partial charge in [-0.3, -0.25) is 4.79 Å². The van der Waals surface area contributed by atoms with E-state index in [9.17, 15) is 9.90 Å². The molecule has 4 nitrogen and oxygen atoms in total. The van der Waals surface area contributed by atoms with Crippen LogP contribution in [-0.4, -0.2) is 34.7 Å². The maximum atomic E-state index is 11.4. The second-order valence-corrected chi connectivity index (χ2v) is 3.18. The second-order valence-electron chi connectivity index (χ2n) is 3.18. The number of amidine groups is 1. The van der Waals surface area contributed by atoms with Crippen LogP contribution in [0.5, 0.6) is 0 Å². The average Bonchev–Trinajstić information content (AvgIpc) is 2.38. The van der Waals surface area contributed by atoms with Gasteiger partial charge in [-0.05, 0) is 19.1 Å². The molecule has 68 valence electrons. The highest BCUT2D eigenvalue weighted by Crippen LogP contribution is 2.26. The number of allylic oxidation sites excluding steroid dienone is 1. The lowest BCUT2D eigenvalue weighted by atomic mass is 10.0. The minimum absolute atomic E-state index is 0.0316. The van der Waals surface area contributed by atoms with Gasteiger partial charge in [0, 0.05) is 7.05 Å². The number of nitrogens with zero attached hydrogens (tertiary/aromatic N) is 2. The maximum absolute atomic E-state index is 11.4. The van der Waals surface area contributed by atoms with E-state index in [2.05, 4.69) is 4.99 Å². The van der Waals surface area contributed by atoms with Crippen LogP contribution < -0.4 is 0 Å². The summed E-state index contributed by atoms with van der Waals surface area (Å²) in [6, 6.07) is -0.412. The van der Waals surface area contributed by atoms with Crippen LogP contribution in [0.25, 0.3) is 0 Å². The van der Waals surface area contributed by atoms with Crippen molar-refractivity contribution in [3.05, 3.63) is 23.6 Å². The summed E-state index contributed by atoms with van der Waals surface area (Å²) in [5.74, 6) is 0.813. The van der Waals surface area contributed by atoms with Gasteiger partial charge in [-0.25, -0.2) is 4.99 Å². The molecule has 0 aromatic heterocycles. The monoisotopic (exact) mass is 178 g/mol. The summed E-state index contributed by atoms with van der Waals surface area (Å²) in [6.45, 7) is 1.81. The van der Waals surface area contributed by atoms with E-state index in [1.807, 2.05) is 6.92 Å². The molecule has 2 aliphatic rings. The zero-order valence-corrected chi connectivity index (χ0v) is 7.48. The Morgan fingerprint density at radius 1 is 1.54 bits per heavy atom. The van der Waals surface area contributed by atoms with Crippen LogP contribution in [-0.2, 0) is 4.79 Å². The van der Waals surface area contributed by atoms with E-state index >= 15 is 0 Å². The second kappa shape index (κ2) is 2.45. The Kier molecular flexibility index (Phi) is 1.52. The fourth-order valence-electron chi connectivity index (χ4n) is 1.55. The number of carbonyl (C=O) groups is 1. The number of aliphatic imine (C=N–C) groups is 1. The molecule has 1 aliphatic carbocycles. The van der Waals surface area contributed by atoms with Crippen molar-refractivity contribution in [2.75, 3.05) is 7.05 Å². The molecule has 2 rings (SSSR count). The van der Waals surface area contributed by atoms with E-state index in [0.717, 1.165) is 5.84 Å². The molecule has 0 spiro atoms. The van der Waals surface area contributed by atoms with Crippen molar-refractivity contribution in [3.63, 3.8) is 0 Å². The van der Waals surface area contributed by atoms with Crippen molar-refractivity contribution in [3.8, 4) is 0 Å². The van der Waals surface area contributed by atoms with Gasteiger partial charge >= 0.3 is 0 Å². The number of rotatable bonds is 0. The molecular weight excluding hydrogens is 168 g/mol. The molecule has 0 fully saturated rings. The van der Waals surface area contributed by atoms with Crippen LogP contribution in [0.1, 0.15) is 6.92 Å². The van der Waals surface area contributed by atoms with Gasteiger partial charge < -0.3 is 10.0 Å². The number of ketones is 1. The number of aliphatic hydroxyl groups is 1. The SMILES string of the molecule is CC1=NC2=C(O)C=CC(=O)[C@@H]2N1C. The van der Waals surface area contributed by atoms with Crippen LogP contribution in [0, 0.1) is 0 Å². The van der Waals surface area contributed by atoms with E-state index in [-0.39, 0.29) is 11.5 Å². The van der Waals surface area contributed by atoms with E-state index < -0.39 is 6.04 Å². The quantitative estimate of drug-likeness (QED) is 0.591. The van der Waals surface area contributed by atoms with Crippen molar-refractivity contribution >= 4 is 11.6 Å². The molecule has 0 saturated heterocycles. The molecule has 1 heterocycles. The third-order valence-electron chi connectivity index (χ3n) is 2.38. The van der Waals surface area contributed by atoms with Crippen LogP contribution in [0.15, 0.2) is 28.6 Å². The standard InChI is InChI=1S/C9H10N2O2/c1-5-10-8-6(12)3-4-7(13)9(8)11(5)2/h3-4,9,12H,1-2H3/t9-/m0/s1. The van der Waals surface area contributed by atoms with Gasteiger partial charge in [0.25, 0.3) is 0 Å². The fraction of sp³-hybridized carbons (Fsp3) is 0.333. The molecule has 0 radical (unpaired) electrons. The molecule has 0 bridgehead atoms. The summed E-state index contributed by atoms with van der Waals surface area (Å²) >= 11 is 0. The Balaban J connectivity index is 2.52. The zero-order valence-electron chi connectivity index (χ0n) is 7.48. The lowest BCUT2D eigenvalue weighted by molar-refractivity contribution is -0.117. The minimum atomic E-state index is -0.412. The normalized spacial score (nSPS) is 26.6. The zero-order chi connectivity index (χ0) is 9.59. The molecular formula is C9H10N2O2. The van der Waals surface area contributed by atoms with Crippen molar-refractivity contribution < 1.29 is 9.90 Å². The smallest absolute Gasteiger partial charge is 0.184 e. The van der Waals surface area contributed by atoms with Gasteiger partial charge in [0.05, 0.1) is 0 Å². The maximum Gasteiger partial charge on any atom is 0.184 e. The largest absolute Gasteiger partial charge is 0.506 e. The van der Waals surface area contributed by atoms with Crippen molar-refractivity contribution in [2.45, 2.75) is 13.0 Å². The first-order valence-corrected chi connectivity index (χ1v) is 4.04. The molecule has 1 aliphatic heterocycles. The topological polar surface area (TPSA) is 52.9 Å². The van der Waals surface area contributed by atoms with Gasteiger partial charge in [0.1, 0.15) is 23.3 Å². The van der Waals surface area contributed by atoms with Crippen molar-refractivity contribution in [2.24, 2.45) is 4.99 Å².